The third-order valence-electron chi connectivity index (χ3n) is 2.66. The SMILES string of the molecule is CCOc1ncccc1C(=O)NCc1ccc(F)cc1. The summed E-state index contributed by atoms with van der Waals surface area (Å²) in [5.74, 6) is -0.261. The number of carbonyl (C=O) groups is 1. The lowest BCUT2D eigenvalue weighted by Crippen LogP contribution is -2.23. The van der Waals surface area contributed by atoms with Gasteiger partial charge in [0.15, 0.2) is 0 Å². The predicted octanol–water partition coefficient (Wildman–Crippen LogP) is 2.55. The van der Waals surface area contributed by atoms with Crippen molar-refractivity contribution in [1.82, 2.24) is 10.3 Å². The molecule has 0 fully saturated rings. The molecule has 0 atom stereocenters. The quantitative estimate of drug-likeness (QED) is 0.911. The molecule has 1 aromatic carbocycles. The predicted molar refractivity (Wildman–Crippen MR) is 73.0 cm³/mol. The molecule has 0 saturated heterocycles. The molecule has 2 rings (SSSR count). The standard InChI is InChI=1S/C15H15FN2O2/c1-2-20-15-13(4-3-9-17-15)14(19)18-10-11-5-7-12(16)8-6-11/h3-9H,2,10H2,1H3,(H,18,19). The lowest BCUT2D eigenvalue weighted by Gasteiger charge is -2.09. The summed E-state index contributed by atoms with van der Waals surface area (Å²) in [5, 5.41) is 2.75. The zero-order chi connectivity index (χ0) is 14.4. The van der Waals surface area contributed by atoms with Crippen molar-refractivity contribution in [2.45, 2.75) is 13.5 Å². The van der Waals surface area contributed by atoms with Crippen molar-refractivity contribution in [3.63, 3.8) is 0 Å². The van der Waals surface area contributed by atoms with Crippen molar-refractivity contribution in [1.29, 1.82) is 0 Å². The van der Waals surface area contributed by atoms with Crippen LogP contribution in [0.25, 0.3) is 0 Å². The Hall–Kier alpha value is -2.43. The fraction of sp³-hybridized carbons (Fsp3) is 0.200. The molecule has 104 valence electrons. The minimum Gasteiger partial charge on any atom is -0.477 e. The van der Waals surface area contributed by atoms with E-state index in [0.717, 1.165) is 5.56 Å². The summed E-state index contributed by atoms with van der Waals surface area (Å²) in [6.45, 7) is 2.59. The normalized spacial score (nSPS) is 10.1. The van der Waals surface area contributed by atoms with Gasteiger partial charge in [-0.05, 0) is 36.8 Å². The molecule has 20 heavy (non-hydrogen) atoms. The Morgan fingerprint density at radius 1 is 1.30 bits per heavy atom. The van der Waals surface area contributed by atoms with Crippen molar-refractivity contribution < 1.29 is 13.9 Å². The highest BCUT2D eigenvalue weighted by molar-refractivity contribution is 5.96. The molecule has 2 aromatic rings. The van der Waals surface area contributed by atoms with Crippen molar-refractivity contribution in [2.24, 2.45) is 0 Å². The van der Waals surface area contributed by atoms with E-state index in [4.69, 9.17) is 4.74 Å². The van der Waals surface area contributed by atoms with Gasteiger partial charge in [-0.2, -0.15) is 0 Å². The van der Waals surface area contributed by atoms with E-state index in [-0.39, 0.29) is 11.7 Å². The lowest BCUT2D eigenvalue weighted by molar-refractivity contribution is 0.0946. The van der Waals surface area contributed by atoms with Gasteiger partial charge in [0.25, 0.3) is 5.91 Å². The molecule has 1 amide bonds. The van der Waals surface area contributed by atoms with Crippen LogP contribution in [0.1, 0.15) is 22.8 Å². The molecule has 1 N–H and O–H groups in total. The number of carbonyl (C=O) groups excluding carboxylic acids is 1. The van der Waals surface area contributed by atoms with E-state index in [2.05, 4.69) is 10.3 Å². The zero-order valence-corrected chi connectivity index (χ0v) is 11.1. The first-order valence-corrected chi connectivity index (χ1v) is 6.31. The van der Waals surface area contributed by atoms with Crippen molar-refractivity contribution in [3.8, 4) is 5.88 Å². The van der Waals surface area contributed by atoms with E-state index < -0.39 is 0 Å². The van der Waals surface area contributed by atoms with Crippen LogP contribution >= 0.6 is 0 Å². The average molecular weight is 274 g/mol. The maximum atomic E-state index is 12.8. The Labute approximate surface area is 116 Å². The second-order valence-corrected chi connectivity index (χ2v) is 4.10. The molecule has 0 unspecified atom stereocenters. The summed E-state index contributed by atoms with van der Waals surface area (Å²) in [4.78, 5) is 16.1. The number of nitrogens with one attached hydrogen (secondary N) is 1. The minimum atomic E-state index is -0.300. The third-order valence-corrected chi connectivity index (χ3v) is 2.66. The molecule has 1 heterocycles. The van der Waals surface area contributed by atoms with Crippen molar-refractivity contribution >= 4 is 5.91 Å². The van der Waals surface area contributed by atoms with Gasteiger partial charge in [-0.15, -0.1) is 0 Å². The first-order chi connectivity index (χ1) is 9.70. The fourth-order valence-corrected chi connectivity index (χ4v) is 1.70. The van der Waals surface area contributed by atoms with Crippen molar-refractivity contribution in [3.05, 3.63) is 59.5 Å². The van der Waals surface area contributed by atoms with Crippen LogP contribution in [0.4, 0.5) is 4.39 Å². The molecule has 4 nitrogen and oxygen atoms in total. The largest absolute Gasteiger partial charge is 0.477 e. The summed E-state index contributed by atoms with van der Waals surface area (Å²) in [6, 6.07) is 9.30. The van der Waals surface area contributed by atoms with E-state index in [0.29, 0.717) is 24.6 Å². The highest BCUT2D eigenvalue weighted by atomic mass is 19.1. The minimum absolute atomic E-state index is 0.272. The van der Waals surface area contributed by atoms with E-state index >= 15 is 0 Å². The van der Waals surface area contributed by atoms with Gasteiger partial charge in [-0.3, -0.25) is 4.79 Å². The van der Waals surface area contributed by atoms with E-state index in [1.807, 2.05) is 6.92 Å². The fourth-order valence-electron chi connectivity index (χ4n) is 1.70. The molecule has 0 spiro atoms. The highest BCUT2D eigenvalue weighted by Crippen LogP contribution is 2.14. The van der Waals surface area contributed by atoms with Gasteiger partial charge in [0, 0.05) is 12.7 Å². The van der Waals surface area contributed by atoms with Crippen LogP contribution in [0.15, 0.2) is 42.6 Å². The molecule has 0 saturated carbocycles. The van der Waals surface area contributed by atoms with Gasteiger partial charge >= 0.3 is 0 Å². The van der Waals surface area contributed by atoms with Crippen LogP contribution in [0.3, 0.4) is 0 Å². The first kappa shape index (κ1) is 14.0. The second-order valence-electron chi connectivity index (χ2n) is 4.10. The van der Waals surface area contributed by atoms with Crippen LogP contribution in [-0.4, -0.2) is 17.5 Å². The summed E-state index contributed by atoms with van der Waals surface area (Å²) >= 11 is 0. The molecule has 5 heteroatoms. The van der Waals surface area contributed by atoms with Crippen LogP contribution in [0.5, 0.6) is 5.88 Å². The number of pyridine rings is 1. The first-order valence-electron chi connectivity index (χ1n) is 6.31. The number of amides is 1. The Balaban J connectivity index is 2.03. The van der Waals surface area contributed by atoms with Gasteiger partial charge in [-0.25, -0.2) is 9.37 Å². The van der Waals surface area contributed by atoms with Gasteiger partial charge in [0.1, 0.15) is 11.4 Å². The number of hydrogen-bond donors (Lipinski definition) is 1. The number of nitrogens with zero attached hydrogens (tertiary/aromatic N) is 1. The molecule has 0 radical (unpaired) electrons. The molecule has 0 aliphatic heterocycles. The number of ether oxygens (including phenoxy) is 1. The Morgan fingerprint density at radius 3 is 2.75 bits per heavy atom. The molecule has 0 aliphatic rings. The summed E-state index contributed by atoms with van der Waals surface area (Å²) in [7, 11) is 0. The Bertz CT molecular complexity index is 585. The number of rotatable bonds is 5. The third kappa shape index (κ3) is 3.54. The second kappa shape index (κ2) is 6.65. The monoisotopic (exact) mass is 274 g/mol. The molecular formula is C15H15FN2O2. The van der Waals surface area contributed by atoms with Crippen LogP contribution < -0.4 is 10.1 Å². The van der Waals surface area contributed by atoms with Gasteiger partial charge in [-0.1, -0.05) is 12.1 Å². The number of halogens is 1. The van der Waals surface area contributed by atoms with Crippen LogP contribution in [0.2, 0.25) is 0 Å². The van der Waals surface area contributed by atoms with E-state index in [9.17, 15) is 9.18 Å². The molecule has 0 bridgehead atoms. The lowest BCUT2D eigenvalue weighted by atomic mass is 10.2. The number of benzene rings is 1. The summed E-state index contributed by atoms with van der Waals surface area (Å²) < 4.78 is 18.1. The van der Waals surface area contributed by atoms with Gasteiger partial charge in [0.2, 0.25) is 5.88 Å². The van der Waals surface area contributed by atoms with E-state index in [1.165, 1.54) is 12.1 Å². The maximum Gasteiger partial charge on any atom is 0.257 e. The average Bonchev–Trinajstić information content (AvgIpc) is 2.47. The zero-order valence-electron chi connectivity index (χ0n) is 11.1. The van der Waals surface area contributed by atoms with Crippen molar-refractivity contribution in [2.75, 3.05) is 6.61 Å². The van der Waals surface area contributed by atoms with Crippen LogP contribution in [0, 0.1) is 5.82 Å². The van der Waals surface area contributed by atoms with Crippen LogP contribution in [-0.2, 0) is 6.54 Å². The highest BCUT2D eigenvalue weighted by Gasteiger charge is 2.12. The molecule has 1 aromatic heterocycles. The Morgan fingerprint density at radius 2 is 2.05 bits per heavy atom. The number of hydrogen-bond acceptors (Lipinski definition) is 3. The van der Waals surface area contributed by atoms with E-state index in [1.54, 1.807) is 30.5 Å². The van der Waals surface area contributed by atoms with Gasteiger partial charge in [0.05, 0.1) is 6.61 Å². The number of aromatic nitrogens is 1. The summed E-state index contributed by atoms with van der Waals surface area (Å²) in [6.07, 6.45) is 1.57. The maximum absolute atomic E-state index is 12.8. The Kier molecular flexibility index (Phi) is 4.65. The summed E-state index contributed by atoms with van der Waals surface area (Å²) in [5.41, 5.74) is 1.21. The van der Waals surface area contributed by atoms with Gasteiger partial charge < -0.3 is 10.1 Å². The molecular weight excluding hydrogens is 259 g/mol. The smallest absolute Gasteiger partial charge is 0.257 e. The molecule has 0 aliphatic carbocycles. The topological polar surface area (TPSA) is 51.2 Å².